The summed E-state index contributed by atoms with van der Waals surface area (Å²) in [4.78, 5) is 10.7. The molecule has 4 N–H and O–H groups in total. The van der Waals surface area contributed by atoms with Crippen molar-refractivity contribution in [1.82, 2.24) is 14.9 Å². The number of nitrogens with zero attached hydrogens (tertiary/aromatic N) is 3. The molecule has 0 aliphatic rings. The Balaban J connectivity index is 2.81. The molecule has 0 amide bonds. The minimum absolute atomic E-state index is 0.131. The molecule has 0 saturated heterocycles. The number of anilines is 1. The van der Waals surface area contributed by atoms with E-state index in [1.807, 2.05) is 6.92 Å². The van der Waals surface area contributed by atoms with Crippen molar-refractivity contribution >= 4 is 5.82 Å². The van der Waals surface area contributed by atoms with Gasteiger partial charge in [-0.25, -0.2) is 15.8 Å². The number of aliphatic hydroxyl groups excluding tert-OH is 1. The number of aromatic nitrogens is 2. The Morgan fingerprint density at radius 1 is 1.47 bits per heavy atom. The summed E-state index contributed by atoms with van der Waals surface area (Å²) in [6, 6.07) is 2.12. The van der Waals surface area contributed by atoms with Crippen LogP contribution in [-0.2, 0) is 6.54 Å². The van der Waals surface area contributed by atoms with Gasteiger partial charge in [0.2, 0.25) is 0 Å². The molecule has 0 unspecified atom stereocenters. The smallest absolute Gasteiger partial charge is 0.145 e. The monoisotopic (exact) mass is 239 g/mol. The van der Waals surface area contributed by atoms with Crippen LogP contribution in [0.5, 0.6) is 0 Å². The van der Waals surface area contributed by atoms with E-state index in [1.165, 1.54) is 0 Å². The van der Waals surface area contributed by atoms with Crippen LogP contribution in [0.25, 0.3) is 0 Å². The Kier molecular flexibility index (Phi) is 5.27. The van der Waals surface area contributed by atoms with E-state index in [4.69, 9.17) is 10.9 Å². The van der Waals surface area contributed by atoms with Crippen LogP contribution in [0.4, 0.5) is 5.82 Å². The minimum Gasteiger partial charge on any atom is -0.395 e. The number of hydrogen-bond donors (Lipinski definition) is 3. The number of nitrogen functional groups attached to an aromatic ring is 1. The van der Waals surface area contributed by atoms with Crippen molar-refractivity contribution in [2.45, 2.75) is 33.4 Å². The molecule has 0 bridgehead atoms. The molecule has 0 aliphatic heterocycles. The first kappa shape index (κ1) is 13.8. The second-order valence-corrected chi connectivity index (χ2v) is 4.24. The van der Waals surface area contributed by atoms with E-state index in [0.29, 0.717) is 30.8 Å². The summed E-state index contributed by atoms with van der Waals surface area (Å²) >= 11 is 0. The first-order valence-electron chi connectivity index (χ1n) is 5.73. The summed E-state index contributed by atoms with van der Waals surface area (Å²) in [5.74, 6) is 6.66. The lowest BCUT2D eigenvalue weighted by molar-refractivity contribution is 0.156. The molecule has 6 heteroatoms. The molecular weight excluding hydrogens is 218 g/mol. The maximum absolute atomic E-state index is 9.00. The fourth-order valence-electron chi connectivity index (χ4n) is 1.60. The third-order valence-electron chi connectivity index (χ3n) is 2.51. The molecule has 1 aromatic rings. The van der Waals surface area contributed by atoms with E-state index in [1.54, 1.807) is 6.07 Å². The third-order valence-corrected chi connectivity index (χ3v) is 2.51. The molecule has 0 fully saturated rings. The second-order valence-electron chi connectivity index (χ2n) is 4.24. The Labute approximate surface area is 102 Å². The highest BCUT2D eigenvalue weighted by atomic mass is 16.3. The van der Waals surface area contributed by atoms with Gasteiger partial charge in [0.15, 0.2) is 0 Å². The van der Waals surface area contributed by atoms with E-state index in [0.717, 1.165) is 5.69 Å². The lowest BCUT2D eigenvalue weighted by atomic mass is 10.3. The molecule has 0 atom stereocenters. The van der Waals surface area contributed by atoms with Crippen molar-refractivity contribution in [2.24, 2.45) is 5.84 Å². The van der Waals surface area contributed by atoms with Crippen molar-refractivity contribution in [3.05, 3.63) is 17.6 Å². The number of nitrogens with two attached hydrogens (primary N) is 1. The Bertz CT molecular complexity index is 356. The molecule has 17 heavy (non-hydrogen) atoms. The summed E-state index contributed by atoms with van der Waals surface area (Å²) in [7, 11) is 0. The number of aryl methyl sites for hydroxylation is 1. The Hall–Kier alpha value is -1.24. The maximum atomic E-state index is 9.00. The Morgan fingerprint density at radius 2 is 2.18 bits per heavy atom. The van der Waals surface area contributed by atoms with Crippen molar-refractivity contribution < 1.29 is 5.11 Å². The molecule has 0 spiro atoms. The summed E-state index contributed by atoms with van der Waals surface area (Å²) in [5, 5.41) is 9.00. The zero-order valence-corrected chi connectivity index (χ0v) is 10.6. The third kappa shape index (κ3) is 4.26. The molecule has 0 aliphatic carbocycles. The highest BCUT2D eigenvalue weighted by Gasteiger charge is 2.12. The van der Waals surface area contributed by atoms with Crippen LogP contribution in [0.1, 0.15) is 25.4 Å². The fraction of sp³-hybridized carbons (Fsp3) is 0.636. The van der Waals surface area contributed by atoms with Crippen LogP contribution in [-0.4, -0.2) is 39.2 Å². The number of hydrogen-bond acceptors (Lipinski definition) is 6. The lowest BCUT2D eigenvalue weighted by Gasteiger charge is -2.24. The molecule has 0 aromatic carbocycles. The van der Waals surface area contributed by atoms with Gasteiger partial charge >= 0.3 is 0 Å². The van der Waals surface area contributed by atoms with Gasteiger partial charge in [-0.2, -0.15) is 0 Å². The van der Waals surface area contributed by atoms with Crippen LogP contribution in [0.2, 0.25) is 0 Å². The largest absolute Gasteiger partial charge is 0.395 e. The molecule has 1 heterocycles. The van der Waals surface area contributed by atoms with E-state index < -0.39 is 0 Å². The Morgan fingerprint density at radius 3 is 2.71 bits per heavy atom. The van der Waals surface area contributed by atoms with Crippen LogP contribution in [0.15, 0.2) is 6.07 Å². The van der Waals surface area contributed by atoms with Gasteiger partial charge in [-0.15, -0.1) is 0 Å². The summed E-state index contributed by atoms with van der Waals surface area (Å²) in [6.45, 7) is 7.40. The molecule has 96 valence electrons. The first-order chi connectivity index (χ1) is 8.06. The highest BCUT2D eigenvalue weighted by Crippen LogP contribution is 2.08. The number of rotatable bonds is 6. The predicted octanol–water partition coefficient (Wildman–Crippen LogP) is 0.273. The van der Waals surface area contributed by atoms with E-state index in [2.05, 4.69) is 34.1 Å². The van der Waals surface area contributed by atoms with E-state index in [-0.39, 0.29) is 6.61 Å². The van der Waals surface area contributed by atoms with E-state index >= 15 is 0 Å². The van der Waals surface area contributed by atoms with Gasteiger partial charge in [-0.3, -0.25) is 4.90 Å². The van der Waals surface area contributed by atoms with Crippen LogP contribution < -0.4 is 11.3 Å². The average Bonchev–Trinajstić information content (AvgIpc) is 2.27. The SMILES string of the molecule is Cc1cc(NN)nc(CN(CCO)C(C)C)n1. The highest BCUT2D eigenvalue weighted by molar-refractivity contribution is 5.33. The molecule has 0 radical (unpaired) electrons. The van der Waals surface area contributed by atoms with E-state index in [9.17, 15) is 0 Å². The lowest BCUT2D eigenvalue weighted by Crippen LogP contribution is -2.33. The van der Waals surface area contributed by atoms with Gasteiger partial charge in [-0.05, 0) is 20.8 Å². The topological polar surface area (TPSA) is 87.3 Å². The van der Waals surface area contributed by atoms with Crippen molar-refractivity contribution in [3.63, 3.8) is 0 Å². The van der Waals surface area contributed by atoms with Crippen molar-refractivity contribution in [3.8, 4) is 0 Å². The van der Waals surface area contributed by atoms with Crippen LogP contribution >= 0.6 is 0 Å². The number of hydrazine groups is 1. The molecule has 1 aromatic heterocycles. The predicted molar refractivity (Wildman–Crippen MR) is 67.2 cm³/mol. The standard InChI is InChI=1S/C11H21N5O/c1-8(2)16(4-5-17)7-11-13-9(3)6-10(14-11)15-12/h6,8,17H,4-5,7,12H2,1-3H3,(H,13,14,15). The van der Waals surface area contributed by atoms with Gasteiger partial charge in [0.1, 0.15) is 11.6 Å². The van der Waals surface area contributed by atoms with Crippen LogP contribution in [0, 0.1) is 6.92 Å². The zero-order chi connectivity index (χ0) is 12.8. The quantitative estimate of drug-likeness (QED) is 0.488. The number of aliphatic hydroxyl groups is 1. The molecular formula is C11H21N5O. The maximum Gasteiger partial charge on any atom is 0.145 e. The number of nitrogens with one attached hydrogen (secondary N) is 1. The summed E-state index contributed by atoms with van der Waals surface area (Å²) < 4.78 is 0. The van der Waals surface area contributed by atoms with Gasteiger partial charge in [0.25, 0.3) is 0 Å². The van der Waals surface area contributed by atoms with Crippen molar-refractivity contribution in [1.29, 1.82) is 0 Å². The van der Waals surface area contributed by atoms with Crippen LogP contribution in [0.3, 0.4) is 0 Å². The zero-order valence-electron chi connectivity index (χ0n) is 10.6. The van der Waals surface area contributed by atoms with Gasteiger partial charge in [0.05, 0.1) is 13.2 Å². The van der Waals surface area contributed by atoms with Gasteiger partial charge in [0, 0.05) is 24.3 Å². The summed E-state index contributed by atoms with van der Waals surface area (Å²) in [6.07, 6.45) is 0. The summed E-state index contributed by atoms with van der Waals surface area (Å²) in [5.41, 5.74) is 3.39. The molecule has 1 rings (SSSR count). The normalized spacial score (nSPS) is 11.2. The molecule has 0 saturated carbocycles. The van der Waals surface area contributed by atoms with Crippen molar-refractivity contribution in [2.75, 3.05) is 18.6 Å². The minimum atomic E-state index is 0.131. The second kappa shape index (κ2) is 6.48. The fourth-order valence-corrected chi connectivity index (χ4v) is 1.60. The van der Waals surface area contributed by atoms with Gasteiger partial charge < -0.3 is 10.5 Å². The average molecular weight is 239 g/mol. The van der Waals surface area contributed by atoms with Gasteiger partial charge in [-0.1, -0.05) is 0 Å². The molecule has 6 nitrogen and oxygen atoms in total. The first-order valence-corrected chi connectivity index (χ1v) is 5.73.